The van der Waals surface area contributed by atoms with Gasteiger partial charge in [-0.25, -0.2) is 0 Å². The van der Waals surface area contributed by atoms with E-state index in [0.717, 1.165) is 36.0 Å². The minimum Gasteiger partial charge on any atom is -0.465 e. The minimum atomic E-state index is -0.726. The summed E-state index contributed by atoms with van der Waals surface area (Å²) < 4.78 is 5.69. The summed E-state index contributed by atoms with van der Waals surface area (Å²) in [6, 6.07) is 4.07. The highest BCUT2D eigenvalue weighted by molar-refractivity contribution is 6.10. The third kappa shape index (κ3) is 12.8. The number of ketones is 1. The van der Waals surface area contributed by atoms with Crippen molar-refractivity contribution in [1.82, 2.24) is 0 Å². The fraction of sp³-hybridized carbons (Fsp3) is 0.750. The Morgan fingerprint density at radius 2 is 1.31 bits per heavy atom. The normalized spacial score (nSPS) is 13.5. The summed E-state index contributed by atoms with van der Waals surface area (Å²) in [4.78, 5) is 26.8. The maximum Gasteiger partial charge on any atom is 0.316 e. The van der Waals surface area contributed by atoms with Gasteiger partial charge < -0.3 is 4.74 Å². The maximum absolute atomic E-state index is 13.6. The number of Topliss-reactive ketones (excluding diaryl/α,β-unsaturated/α-hetero) is 1. The monoisotopic (exact) mass is 486 g/mol. The van der Waals surface area contributed by atoms with Crippen LogP contribution in [0.2, 0.25) is 0 Å². The maximum atomic E-state index is 13.6. The molecule has 0 saturated heterocycles. The molecule has 2 unspecified atom stereocenters. The molecule has 3 heteroatoms. The molecule has 35 heavy (non-hydrogen) atoms. The van der Waals surface area contributed by atoms with Crippen molar-refractivity contribution < 1.29 is 14.3 Å². The number of ether oxygens (including phenoxy) is 1. The van der Waals surface area contributed by atoms with Crippen molar-refractivity contribution in [2.24, 2.45) is 17.3 Å². The van der Waals surface area contributed by atoms with Crippen molar-refractivity contribution in [3.05, 3.63) is 34.4 Å². The zero-order valence-corrected chi connectivity index (χ0v) is 24.2. The molecule has 1 aromatic rings. The summed E-state index contributed by atoms with van der Waals surface area (Å²) in [5.41, 5.74) is 3.88. The third-order valence-corrected chi connectivity index (χ3v) is 6.87. The summed E-state index contributed by atoms with van der Waals surface area (Å²) in [5.74, 6) is -0.879. The van der Waals surface area contributed by atoms with Gasteiger partial charge in [-0.05, 0) is 62.5 Å². The lowest BCUT2D eigenvalue weighted by Gasteiger charge is -2.26. The predicted molar refractivity (Wildman–Crippen MR) is 149 cm³/mol. The molecule has 3 nitrogen and oxygen atoms in total. The third-order valence-electron chi connectivity index (χ3n) is 6.87. The van der Waals surface area contributed by atoms with Crippen LogP contribution in [0.3, 0.4) is 0 Å². The number of carbonyl (C=O) groups is 2. The fourth-order valence-corrected chi connectivity index (χ4v) is 5.45. The molecule has 200 valence electrons. The Morgan fingerprint density at radius 1 is 0.829 bits per heavy atom. The van der Waals surface area contributed by atoms with Gasteiger partial charge >= 0.3 is 5.97 Å². The standard InChI is InChI=1S/C32H54O3/c1-9-10-11-12-13-14-15-16-17-18-19-35-31(34)28(22-25(3)23-32(6,7)8)30(33)29-26(4)20-24(2)21-27(29)5/h20-21,25,28H,9-19,22-23H2,1-8H3. The van der Waals surface area contributed by atoms with Crippen molar-refractivity contribution >= 4 is 11.8 Å². The number of hydrogen-bond acceptors (Lipinski definition) is 3. The first-order valence-corrected chi connectivity index (χ1v) is 14.2. The molecule has 0 spiro atoms. The number of hydrogen-bond donors (Lipinski definition) is 0. The first kappa shape index (κ1) is 31.4. The summed E-state index contributed by atoms with van der Waals surface area (Å²) in [7, 11) is 0. The summed E-state index contributed by atoms with van der Waals surface area (Å²) in [6.07, 6.45) is 13.9. The molecule has 0 aliphatic carbocycles. The van der Waals surface area contributed by atoms with E-state index in [1.807, 2.05) is 32.9 Å². The van der Waals surface area contributed by atoms with Gasteiger partial charge in [-0.1, -0.05) is 110 Å². The van der Waals surface area contributed by atoms with E-state index in [1.165, 1.54) is 51.4 Å². The van der Waals surface area contributed by atoms with E-state index in [1.54, 1.807) is 0 Å². The second kappa shape index (κ2) is 16.2. The van der Waals surface area contributed by atoms with Gasteiger partial charge in [-0.15, -0.1) is 0 Å². The number of rotatable bonds is 17. The van der Waals surface area contributed by atoms with Gasteiger partial charge in [0.15, 0.2) is 5.78 Å². The Hall–Kier alpha value is -1.64. The van der Waals surface area contributed by atoms with Crippen LogP contribution in [-0.4, -0.2) is 18.4 Å². The Morgan fingerprint density at radius 3 is 1.80 bits per heavy atom. The molecular weight excluding hydrogens is 432 g/mol. The van der Waals surface area contributed by atoms with Gasteiger partial charge in [0.2, 0.25) is 0 Å². The number of benzene rings is 1. The predicted octanol–water partition coefficient (Wildman–Crippen LogP) is 9.34. The molecule has 0 aromatic heterocycles. The van der Waals surface area contributed by atoms with Crippen LogP contribution in [0.15, 0.2) is 12.1 Å². The number of esters is 1. The van der Waals surface area contributed by atoms with E-state index in [-0.39, 0.29) is 23.1 Å². The Balaban J connectivity index is 2.66. The van der Waals surface area contributed by atoms with Crippen molar-refractivity contribution in [2.45, 2.75) is 132 Å². The van der Waals surface area contributed by atoms with Crippen LogP contribution in [0.25, 0.3) is 0 Å². The number of unbranched alkanes of at least 4 members (excludes halogenated alkanes) is 9. The van der Waals surface area contributed by atoms with Gasteiger partial charge in [-0.2, -0.15) is 0 Å². The first-order valence-electron chi connectivity index (χ1n) is 14.2. The van der Waals surface area contributed by atoms with Crippen LogP contribution in [0.5, 0.6) is 0 Å². The Kier molecular flexibility index (Phi) is 14.5. The number of aryl methyl sites for hydroxylation is 3. The van der Waals surface area contributed by atoms with Gasteiger partial charge in [0, 0.05) is 5.56 Å². The lowest BCUT2D eigenvalue weighted by Crippen LogP contribution is -2.30. The van der Waals surface area contributed by atoms with Crippen LogP contribution in [0.1, 0.15) is 139 Å². The molecule has 1 aromatic carbocycles. The van der Waals surface area contributed by atoms with Crippen LogP contribution >= 0.6 is 0 Å². The summed E-state index contributed by atoms with van der Waals surface area (Å²) in [6.45, 7) is 17.4. The highest BCUT2D eigenvalue weighted by atomic mass is 16.5. The Bertz CT molecular complexity index is 748. The van der Waals surface area contributed by atoms with Crippen LogP contribution < -0.4 is 0 Å². The van der Waals surface area contributed by atoms with Crippen LogP contribution in [-0.2, 0) is 9.53 Å². The fourth-order valence-electron chi connectivity index (χ4n) is 5.45. The average Bonchev–Trinajstić information content (AvgIpc) is 2.73. The quantitative estimate of drug-likeness (QED) is 0.0953. The molecule has 0 bridgehead atoms. The summed E-state index contributed by atoms with van der Waals surface area (Å²) >= 11 is 0. The highest BCUT2D eigenvalue weighted by Gasteiger charge is 2.33. The highest BCUT2D eigenvalue weighted by Crippen LogP contribution is 2.31. The SMILES string of the molecule is CCCCCCCCCCCCOC(=O)C(CC(C)CC(C)(C)C)C(=O)c1c(C)cc(C)cc1C. The van der Waals surface area contributed by atoms with Gasteiger partial charge in [0.25, 0.3) is 0 Å². The molecular formula is C32H54O3. The number of carbonyl (C=O) groups excluding carboxylic acids is 2. The zero-order valence-electron chi connectivity index (χ0n) is 24.2. The zero-order chi connectivity index (χ0) is 26.4. The molecule has 2 atom stereocenters. The smallest absolute Gasteiger partial charge is 0.316 e. The second-order valence-corrected chi connectivity index (χ2v) is 12.1. The van der Waals surface area contributed by atoms with E-state index < -0.39 is 5.92 Å². The molecule has 1 rings (SSSR count). The molecule has 0 aliphatic heterocycles. The lowest BCUT2D eigenvalue weighted by atomic mass is 9.79. The van der Waals surface area contributed by atoms with Crippen LogP contribution in [0, 0.1) is 38.0 Å². The average molecular weight is 487 g/mol. The molecule has 0 saturated carbocycles. The molecule has 0 fully saturated rings. The Labute approximate surface area is 216 Å². The second-order valence-electron chi connectivity index (χ2n) is 12.1. The largest absolute Gasteiger partial charge is 0.465 e. The lowest BCUT2D eigenvalue weighted by molar-refractivity contribution is -0.147. The van der Waals surface area contributed by atoms with Gasteiger partial charge in [-0.3, -0.25) is 9.59 Å². The van der Waals surface area contributed by atoms with Crippen molar-refractivity contribution in [1.29, 1.82) is 0 Å². The van der Waals surface area contributed by atoms with E-state index in [0.29, 0.717) is 18.6 Å². The topological polar surface area (TPSA) is 43.4 Å². The minimum absolute atomic E-state index is 0.0752. The van der Waals surface area contributed by atoms with Crippen molar-refractivity contribution in [3.63, 3.8) is 0 Å². The first-order chi connectivity index (χ1) is 16.5. The molecule has 0 amide bonds. The van der Waals surface area contributed by atoms with Gasteiger partial charge in [0.05, 0.1) is 6.61 Å². The van der Waals surface area contributed by atoms with Crippen molar-refractivity contribution in [3.8, 4) is 0 Å². The summed E-state index contributed by atoms with van der Waals surface area (Å²) in [5, 5.41) is 0. The van der Waals surface area contributed by atoms with E-state index in [2.05, 4.69) is 34.6 Å². The van der Waals surface area contributed by atoms with Crippen molar-refractivity contribution in [2.75, 3.05) is 6.61 Å². The van der Waals surface area contributed by atoms with E-state index in [4.69, 9.17) is 4.74 Å². The van der Waals surface area contributed by atoms with E-state index in [9.17, 15) is 9.59 Å². The molecule has 0 radical (unpaired) electrons. The van der Waals surface area contributed by atoms with Gasteiger partial charge in [0.1, 0.15) is 5.92 Å². The molecule has 0 N–H and O–H groups in total. The van der Waals surface area contributed by atoms with Crippen LogP contribution in [0.4, 0.5) is 0 Å². The van der Waals surface area contributed by atoms with E-state index >= 15 is 0 Å². The molecule has 0 heterocycles. The molecule has 0 aliphatic rings.